The predicted octanol–water partition coefficient (Wildman–Crippen LogP) is 4.19. The highest BCUT2D eigenvalue weighted by molar-refractivity contribution is 5.23. The first-order valence-electron chi connectivity index (χ1n) is 4.34. The van der Waals surface area contributed by atoms with E-state index in [1.165, 1.54) is 11.1 Å². The number of allylic oxidation sites excluding steroid dienone is 3. The molecule has 0 unspecified atom stereocenters. The van der Waals surface area contributed by atoms with Crippen LogP contribution in [0.5, 0.6) is 0 Å². The van der Waals surface area contributed by atoms with Crippen LogP contribution < -0.4 is 0 Å². The zero-order chi connectivity index (χ0) is 10.6. The van der Waals surface area contributed by atoms with Crippen LogP contribution >= 0.6 is 0 Å². The van der Waals surface area contributed by atoms with Gasteiger partial charge in [-0.15, -0.1) is 12.8 Å². The third-order valence-corrected chi connectivity index (χ3v) is 1.18. The summed E-state index contributed by atoms with van der Waals surface area (Å²) in [5.74, 6) is 0. The van der Waals surface area contributed by atoms with Crippen molar-refractivity contribution < 1.29 is 0 Å². The molecule has 0 fully saturated rings. The Balaban J connectivity index is -0.000000175. The first-order chi connectivity index (χ1) is 5.68. The molecule has 0 aromatic rings. The zero-order valence-corrected chi connectivity index (χ0v) is 9.15. The van der Waals surface area contributed by atoms with E-state index in [0.29, 0.717) is 0 Å². The zero-order valence-electron chi connectivity index (χ0n) is 9.15. The van der Waals surface area contributed by atoms with Crippen LogP contribution in [-0.4, -0.2) is 0 Å². The van der Waals surface area contributed by atoms with Gasteiger partial charge in [0.25, 0.3) is 0 Å². The molecular formula is C12H22. The highest BCUT2D eigenvalue weighted by Gasteiger charge is 1.83. The molecular weight excluding hydrogens is 144 g/mol. The van der Waals surface area contributed by atoms with Crippen LogP contribution in [-0.2, 0) is 0 Å². The summed E-state index contributed by atoms with van der Waals surface area (Å²) in [6.07, 6.45) is 11.3. The van der Waals surface area contributed by atoms with Crippen LogP contribution in [0.3, 0.4) is 0 Å². The highest BCUT2D eigenvalue weighted by Crippen LogP contribution is 2.04. The van der Waals surface area contributed by atoms with Crippen molar-refractivity contribution in [2.24, 2.45) is 0 Å². The lowest BCUT2D eigenvalue weighted by molar-refractivity contribution is 1.18. The van der Waals surface area contributed by atoms with Crippen molar-refractivity contribution in [3.05, 3.63) is 23.8 Å². The average Bonchev–Trinajstić information content (AvgIpc) is 2.12. The first kappa shape index (κ1) is 17.2. The van der Waals surface area contributed by atoms with Crippen LogP contribution in [0, 0.1) is 12.8 Å². The van der Waals surface area contributed by atoms with Crippen molar-refractivity contribution >= 4 is 0 Å². The van der Waals surface area contributed by atoms with Gasteiger partial charge in [-0.2, -0.15) is 0 Å². The molecule has 0 bridgehead atoms. The van der Waals surface area contributed by atoms with E-state index in [1.54, 1.807) is 0 Å². The Morgan fingerprint density at radius 3 is 1.67 bits per heavy atom. The minimum absolute atomic E-state index is 1.11. The number of rotatable bonds is 2. The van der Waals surface area contributed by atoms with Gasteiger partial charge in [0.2, 0.25) is 0 Å². The molecule has 0 aliphatic heterocycles. The molecule has 0 saturated heterocycles. The molecule has 0 aliphatic rings. The van der Waals surface area contributed by atoms with Crippen molar-refractivity contribution in [2.75, 3.05) is 0 Å². The van der Waals surface area contributed by atoms with Crippen molar-refractivity contribution in [1.29, 1.82) is 0 Å². The average molecular weight is 166 g/mol. The Morgan fingerprint density at radius 1 is 1.25 bits per heavy atom. The molecule has 12 heavy (non-hydrogen) atoms. The molecule has 0 amide bonds. The van der Waals surface area contributed by atoms with Gasteiger partial charge in [0, 0.05) is 0 Å². The second kappa shape index (κ2) is 16.6. The highest BCUT2D eigenvalue weighted by atomic mass is 13.9. The molecule has 0 radical (unpaired) electrons. The molecule has 0 aromatic carbocycles. The monoisotopic (exact) mass is 166 g/mol. The molecule has 0 atom stereocenters. The predicted molar refractivity (Wildman–Crippen MR) is 60.1 cm³/mol. The Hall–Kier alpha value is -0.960. The minimum atomic E-state index is 1.11. The van der Waals surface area contributed by atoms with E-state index in [2.05, 4.69) is 39.3 Å². The molecule has 0 rings (SSSR count). The standard InChI is InChI=1S/C8H14.C2H6.C2H2/c1-5-6-8(4)7(2)3;2*1-2/h6H,2,5H2,1,3-4H3;1-2H3;1-2H/b8-6-;;. The topological polar surface area (TPSA) is 0 Å². The fourth-order valence-corrected chi connectivity index (χ4v) is 0.480. The SMILES string of the molecule is C#C.C=C(C)/C(C)=C\CC.CC. The van der Waals surface area contributed by atoms with E-state index in [4.69, 9.17) is 0 Å². The molecule has 0 N–H and O–H groups in total. The number of hydrogen-bond donors (Lipinski definition) is 0. The van der Waals surface area contributed by atoms with Gasteiger partial charge >= 0.3 is 0 Å². The van der Waals surface area contributed by atoms with Gasteiger partial charge in [-0.3, -0.25) is 0 Å². The lowest BCUT2D eigenvalue weighted by Crippen LogP contribution is -1.73. The fourth-order valence-electron chi connectivity index (χ4n) is 0.480. The van der Waals surface area contributed by atoms with Gasteiger partial charge in [0.05, 0.1) is 0 Å². The minimum Gasteiger partial charge on any atom is -0.124 e. The van der Waals surface area contributed by atoms with E-state index in [-0.39, 0.29) is 0 Å². The quantitative estimate of drug-likeness (QED) is 0.426. The van der Waals surface area contributed by atoms with Gasteiger partial charge in [-0.25, -0.2) is 0 Å². The summed E-state index contributed by atoms with van der Waals surface area (Å²) >= 11 is 0. The lowest BCUT2D eigenvalue weighted by Gasteiger charge is -1.94. The summed E-state index contributed by atoms with van der Waals surface area (Å²) < 4.78 is 0. The van der Waals surface area contributed by atoms with E-state index < -0.39 is 0 Å². The lowest BCUT2D eigenvalue weighted by atomic mass is 10.1. The normalized spacial score (nSPS) is 8.42. The van der Waals surface area contributed by atoms with E-state index >= 15 is 0 Å². The Bertz CT molecular complexity index is 135. The van der Waals surface area contributed by atoms with Crippen LogP contribution in [0.1, 0.15) is 41.0 Å². The van der Waals surface area contributed by atoms with Gasteiger partial charge in [-0.1, -0.05) is 44.6 Å². The van der Waals surface area contributed by atoms with Crippen molar-refractivity contribution in [1.82, 2.24) is 0 Å². The Morgan fingerprint density at radius 2 is 1.58 bits per heavy atom. The van der Waals surface area contributed by atoms with E-state index in [1.807, 2.05) is 20.8 Å². The maximum absolute atomic E-state index is 4.00. The first-order valence-corrected chi connectivity index (χ1v) is 4.34. The third-order valence-electron chi connectivity index (χ3n) is 1.18. The molecule has 0 aromatic heterocycles. The molecule has 0 saturated carbocycles. The molecule has 0 nitrogen and oxygen atoms in total. The maximum Gasteiger partial charge on any atom is -0.0374 e. The van der Waals surface area contributed by atoms with E-state index in [0.717, 1.165) is 6.42 Å². The summed E-state index contributed by atoms with van der Waals surface area (Å²) in [6, 6.07) is 0. The van der Waals surface area contributed by atoms with E-state index in [9.17, 15) is 0 Å². The second-order valence-electron chi connectivity index (χ2n) is 2.08. The summed E-state index contributed by atoms with van der Waals surface area (Å²) in [4.78, 5) is 0. The molecule has 0 aliphatic carbocycles. The Labute approximate surface area is 78.4 Å². The van der Waals surface area contributed by atoms with Crippen LogP contribution in [0.4, 0.5) is 0 Å². The molecule has 70 valence electrons. The maximum atomic E-state index is 4.00. The van der Waals surface area contributed by atoms with Gasteiger partial charge in [-0.05, 0) is 20.3 Å². The third kappa shape index (κ3) is 16.0. The van der Waals surface area contributed by atoms with Crippen molar-refractivity contribution in [3.63, 3.8) is 0 Å². The fraction of sp³-hybridized carbons (Fsp3) is 0.500. The number of terminal acetylenes is 1. The molecule has 0 spiro atoms. The van der Waals surface area contributed by atoms with Crippen molar-refractivity contribution in [3.8, 4) is 12.8 Å². The smallest absolute Gasteiger partial charge is 0.0374 e. The summed E-state index contributed by atoms with van der Waals surface area (Å²) in [5, 5.41) is 0. The Kier molecular flexibility index (Phi) is 23.8. The summed E-state index contributed by atoms with van der Waals surface area (Å²) in [6.45, 7) is 14.1. The van der Waals surface area contributed by atoms with Gasteiger partial charge in [0.15, 0.2) is 0 Å². The summed E-state index contributed by atoms with van der Waals surface area (Å²) in [7, 11) is 0. The summed E-state index contributed by atoms with van der Waals surface area (Å²) in [5.41, 5.74) is 2.49. The van der Waals surface area contributed by atoms with Gasteiger partial charge in [0.1, 0.15) is 0 Å². The number of hydrogen-bond acceptors (Lipinski definition) is 0. The largest absolute Gasteiger partial charge is 0.124 e. The van der Waals surface area contributed by atoms with Crippen LogP contribution in [0.15, 0.2) is 23.8 Å². The van der Waals surface area contributed by atoms with Crippen LogP contribution in [0.2, 0.25) is 0 Å². The van der Waals surface area contributed by atoms with Crippen LogP contribution in [0.25, 0.3) is 0 Å². The molecule has 0 heteroatoms. The second-order valence-corrected chi connectivity index (χ2v) is 2.08. The van der Waals surface area contributed by atoms with Crippen molar-refractivity contribution in [2.45, 2.75) is 41.0 Å². The van der Waals surface area contributed by atoms with Gasteiger partial charge < -0.3 is 0 Å². The molecule has 0 heterocycles.